The van der Waals surface area contributed by atoms with Crippen LogP contribution >= 0.6 is 0 Å². The van der Waals surface area contributed by atoms with Crippen LogP contribution in [0.1, 0.15) is 18.1 Å². The van der Waals surface area contributed by atoms with Crippen molar-refractivity contribution in [2.75, 3.05) is 0 Å². The molecule has 0 aliphatic carbocycles. The Morgan fingerprint density at radius 2 is 2.10 bits per heavy atom. The van der Waals surface area contributed by atoms with Crippen molar-refractivity contribution in [2.24, 2.45) is 5.92 Å². The van der Waals surface area contributed by atoms with Crippen molar-refractivity contribution in [2.45, 2.75) is 25.7 Å². The Hall–Kier alpha value is -1.89. The van der Waals surface area contributed by atoms with Gasteiger partial charge in [-0.1, -0.05) is 25.1 Å². The highest BCUT2D eigenvalue weighted by atomic mass is 19.4. The normalized spacial score (nSPS) is 14.5. The molecule has 0 aliphatic rings. The van der Waals surface area contributed by atoms with Gasteiger partial charge in [-0.3, -0.25) is 10.1 Å². The number of carboxylic acids is 1. The Balaban J connectivity index is 2.94. The number of aliphatic carboxylic acids is 1. The fraction of sp³-hybridized carbons (Fsp3) is 0.357. The Kier molecular flexibility index (Phi) is 5.48. The van der Waals surface area contributed by atoms with Crippen LogP contribution in [-0.2, 0) is 17.5 Å². The molecule has 3 nitrogen and oxygen atoms in total. The molecule has 0 amide bonds. The molecule has 0 bridgehead atoms. The molecule has 0 heterocycles. The predicted molar refractivity (Wildman–Crippen MR) is 69.0 cm³/mol. The highest BCUT2D eigenvalue weighted by Crippen LogP contribution is 2.32. The fourth-order valence-corrected chi connectivity index (χ4v) is 1.79. The van der Waals surface area contributed by atoms with Gasteiger partial charge >= 0.3 is 12.1 Å². The summed E-state index contributed by atoms with van der Waals surface area (Å²) in [6, 6.07) is 1.83. The summed E-state index contributed by atoms with van der Waals surface area (Å²) >= 11 is 0. The van der Waals surface area contributed by atoms with Gasteiger partial charge in [0.05, 0.1) is 5.56 Å². The summed E-state index contributed by atoms with van der Waals surface area (Å²) in [7, 11) is 0. The van der Waals surface area contributed by atoms with Gasteiger partial charge < -0.3 is 5.11 Å². The van der Waals surface area contributed by atoms with E-state index < -0.39 is 35.5 Å². The molecule has 21 heavy (non-hydrogen) atoms. The van der Waals surface area contributed by atoms with Gasteiger partial charge in [0.2, 0.25) is 0 Å². The number of hydrogen-bond acceptors (Lipinski definition) is 2. The van der Waals surface area contributed by atoms with Crippen molar-refractivity contribution in [3.8, 4) is 0 Å². The van der Waals surface area contributed by atoms with E-state index in [0.717, 1.165) is 6.07 Å². The quantitative estimate of drug-likeness (QED) is 0.627. The lowest BCUT2D eigenvalue weighted by Crippen LogP contribution is -2.41. The van der Waals surface area contributed by atoms with Crippen molar-refractivity contribution >= 4 is 5.97 Å². The molecular formula is C14H15F4NO2. The summed E-state index contributed by atoms with van der Waals surface area (Å²) in [5.74, 6) is -3.04. The molecule has 0 saturated carbocycles. The minimum absolute atomic E-state index is 0.243. The van der Waals surface area contributed by atoms with Crippen LogP contribution < -0.4 is 5.32 Å². The molecule has 116 valence electrons. The van der Waals surface area contributed by atoms with Crippen LogP contribution in [0.5, 0.6) is 0 Å². The van der Waals surface area contributed by atoms with Crippen LogP contribution in [0.3, 0.4) is 0 Å². The van der Waals surface area contributed by atoms with Crippen molar-refractivity contribution in [3.05, 3.63) is 47.8 Å². The van der Waals surface area contributed by atoms with E-state index in [9.17, 15) is 22.4 Å². The zero-order chi connectivity index (χ0) is 16.2. The predicted octanol–water partition coefficient (Wildman–Crippen LogP) is 3.21. The third-order valence-electron chi connectivity index (χ3n) is 3.06. The van der Waals surface area contributed by atoms with Crippen LogP contribution in [0.4, 0.5) is 17.6 Å². The maximum absolute atomic E-state index is 13.8. The van der Waals surface area contributed by atoms with Crippen molar-refractivity contribution in [1.82, 2.24) is 5.32 Å². The molecule has 2 N–H and O–H groups in total. The number of carboxylic acid groups (broad SMARTS) is 1. The lowest BCUT2D eigenvalue weighted by atomic mass is 10.0. The highest BCUT2D eigenvalue weighted by molar-refractivity contribution is 5.74. The second kappa shape index (κ2) is 6.71. The van der Waals surface area contributed by atoms with Crippen molar-refractivity contribution in [3.63, 3.8) is 0 Å². The largest absolute Gasteiger partial charge is 0.480 e. The second-order valence-electron chi connectivity index (χ2n) is 4.57. The number of nitrogens with one attached hydrogen (secondary N) is 1. The fourth-order valence-electron chi connectivity index (χ4n) is 1.79. The molecule has 1 rings (SSSR count). The zero-order valence-corrected chi connectivity index (χ0v) is 11.2. The molecule has 7 heteroatoms. The smallest absolute Gasteiger partial charge is 0.419 e. The summed E-state index contributed by atoms with van der Waals surface area (Å²) in [5.41, 5.74) is -1.61. The molecule has 0 fully saturated rings. The maximum atomic E-state index is 13.8. The SMILES string of the molecule is C=CC(C)C(NCc1cccc(C(F)(F)F)c1F)C(=O)O. The average molecular weight is 305 g/mol. The lowest BCUT2D eigenvalue weighted by molar-refractivity contribution is -0.141. The van der Waals surface area contributed by atoms with E-state index in [1.54, 1.807) is 6.92 Å². The molecule has 1 aromatic carbocycles. The van der Waals surface area contributed by atoms with Crippen molar-refractivity contribution in [1.29, 1.82) is 0 Å². The minimum atomic E-state index is -4.79. The number of halogens is 4. The van der Waals surface area contributed by atoms with E-state index >= 15 is 0 Å². The Bertz CT molecular complexity index is 528. The van der Waals surface area contributed by atoms with Gasteiger partial charge in [-0.05, 0) is 12.0 Å². The third kappa shape index (κ3) is 4.29. The van der Waals surface area contributed by atoms with Gasteiger partial charge in [0.25, 0.3) is 0 Å². The van der Waals surface area contributed by atoms with E-state index in [2.05, 4.69) is 11.9 Å². The van der Waals surface area contributed by atoms with Gasteiger partial charge in [0.1, 0.15) is 11.9 Å². The molecule has 0 spiro atoms. The third-order valence-corrected chi connectivity index (χ3v) is 3.06. The van der Waals surface area contributed by atoms with Gasteiger partial charge in [0, 0.05) is 12.1 Å². The van der Waals surface area contributed by atoms with Crippen LogP contribution in [0.15, 0.2) is 30.9 Å². The van der Waals surface area contributed by atoms with Crippen LogP contribution in [0.2, 0.25) is 0 Å². The zero-order valence-electron chi connectivity index (χ0n) is 11.2. The lowest BCUT2D eigenvalue weighted by Gasteiger charge is -2.19. The average Bonchev–Trinajstić information content (AvgIpc) is 2.38. The number of alkyl halides is 3. The van der Waals surface area contributed by atoms with Gasteiger partial charge in [0.15, 0.2) is 0 Å². The van der Waals surface area contributed by atoms with Crippen LogP contribution in [0, 0.1) is 11.7 Å². The summed E-state index contributed by atoms with van der Waals surface area (Å²) in [4.78, 5) is 11.0. The Labute approximate surface area is 119 Å². The molecule has 1 aromatic rings. The van der Waals surface area contributed by atoms with E-state index in [4.69, 9.17) is 5.11 Å². The molecule has 0 saturated heterocycles. The van der Waals surface area contributed by atoms with Gasteiger partial charge in [-0.2, -0.15) is 13.2 Å². The van der Waals surface area contributed by atoms with Gasteiger partial charge in [-0.25, -0.2) is 4.39 Å². The van der Waals surface area contributed by atoms with E-state index in [1.807, 2.05) is 0 Å². The summed E-state index contributed by atoms with van der Waals surface area (Å²) in [6.45, 7) is 4.71. The molecular weight excluding hydrogens is 290 g/mol. The van der Waals surface area contributed by atoms with Crippen LogP contribution in [0.25, 0.3) is 0 Å². The first-order valence-electron chi connectivity index (χ1n) is 6.11. The minimum Gasteiger partial charge on any atom is -0.480 e. The van der Waals surface area contributed by atoms with Crippen LogP contribution in [-0.4, -0.2) is 17.1 Å². The molecule has 0 aliphatic heterocycles. The monoisotopic (exact) mass is 305 g/mol. The highest BCUT2D eigenvalue weighted by Gasteiger charge is 2.34. The first kappa shape index (κ1) is 17.2. The van der Waals surface area contributed by atoms with E-state index in [0.29, 0.717) is 6.07 Å². The molecule has 2 atom stereocenters. The summed E-state index contributed by atoms with van der Waals surface area (Å²) in [6.07, 6.45) is -3.39. The first-order valence-corrected chi connectivity index (χ1v) is 6.11. The number of hydrogen-bond donors (Lipinski definition) is 2. The van der Waals surface area contributed by atoms with E-state index in [1.165, 1.54) is 12.1 Å². The molecule has 0 radical (unpaired) electrons. The summed E-state index contributed by atoms with van der Waals surface area (Å²) in [5, 5.41) is 11.5. The number of carbonyl (C=O) groups is 1. The Morgan fingerprint density at radius 1 is 1.48 bits per heavy atom. The van der Waals surface area contributed by atoms with Crippen molar-refractivity contribution < 1.29 is 27.5 Å². The Morgan fingerprint density at radius 3 is 2.57 bits per heavy atom. The van der Waals surface area contributed by atoms with Gasteiger partial charge in [-0.15, -0.1) is 6.58 Å². The standard InChI is InChI=1S/C14H15F4NO2/c1-3-8(2)12(13(20)21)19-7-9-5-4-6-10(11(9)15)14(16,17)18/h3-6,8,12,19H,1,7H2,2H3,(H,20,21). The topological polar surface area (TPSA) is 49.3 Å². The maximum Gasteiger partial charge on any atom is 0.419 e. The molecule has 0 aromatic heterocycles. The summed E-state index contributed by atoms with van der Waals surface area (Å²) < 4.78 is 51.5. The first-order chi connectivity index (χ1) is 9.68. The number of rotatable bonds is 6. The number of benzene rings is 1. The second-order valence-corrected chi connectivity index (χ2v) is 4.57. The molecule has 2 unspecified atom stereocenters. The van der Waals surface area contributed by atoms with E-state index in [-0.39, 0.29) is 12.1 Å².